The molecule has 0 aromatic heterocycles. The lowest BCUT2D eigenvalue weighted by molar-refractivity contribution is 0.171. The quantitative estimate of drug-likeness (QED) is 0.878. The minimum atomic E-state index is 0.635. The maximum absolute atomic E-state index is 5.58. The van der Waals surface area contributed by atoms with Crippen LogP contribution < -0.4 is 14.8 Å². The Balaban J connectivity index is 1.55. The third kappa shape index (κ3) is 2.75. The summed E-state index contributed by atoms with van der Waals surface area (Å²) >= 11 is 0. The zero-order chi connectivity index (χ0) is 13.1. The van der Waals surface area contributed by atoms with Crippen molar-refractivity contribution in [2.45, 2.75) is 6.42 Å². The van der Waals surface area contributed by atoms with Gasteiger partial charge in [0, 0.05) is 20.1 Å². The fraction of sp³-hybridized carbons (Fsp3) is 0.500. The molecule has 2 aliphatic heterocycles. The fourth-order valence-corrected chi connectivity index (χ4v) is 2.29. The van der Waals surface area contributed by atoms with Crippen LogP contribution in [0.5, 0.6) is 11.5 Å². The van der Waals surface area contributed by atoms with Gasteiger partial charge in [0.2, 0.25) is 0 Å². The number of aliphatic imine (C=N–C) groups is 1. The van der Waals surface area contributed by atoms with E-state index in [1.807, 2.05) is 6.07 Å². The predicted octanol–water partition coefficient (Wildman–Crippen LogP) is 0.891. The van der Waals surface area contributed by atoms with Gasteiger partial charge in [-0.3, -0.25) is 4.99 Å². The zero-order valence-corrected chi connectivity index (χ0v) is 11.2. The summed E-state index contributed by atoms with van der Waals surface area (Å²) in [6.45, 7) is 4.05. The highest BCUT2D eigenvalue weighted by Gasteiger charge is 2.13. The zero-order valence-electron chi connectivity index (χ0n) is 11.2. The van der Waals surface area contributed by atoms with E-state index in [-0.39, 0.29) is 0 Å². The molecule has 0 aliphatic carbocycles. The summed E-state index contributed by atoms with van der Waals surface area (Å²) in [6.07, 6.45) is 0.948. The summed E-state index contributed by atoms with van der Waals surface area (Å²) < 4.78 is 11.1. The van der Waals surface area contributed by atoms with E-state index in [2.05, 4.69) is 34.4 Å². The molecule has 1 aromatic rings. The van der Waals surface area contributed by atoms with Gasteiger partial charge in [-0.1, -0.05) is 6.07 Å². The largest absolute Gasteiger partial charge is 0.486 e. The number of fused-ring (bicyclic) bond motifs is 1. The highest BCUT2D eigenvalue weighted by Crippen LogP contribution is 2.30. The van der Waals surface area contributed by atoms with Gasteiger partial charge in [-0.05, 0) is 24.1 Å². The van der Waals surface area contributed by atoms with E-state index in [1.165, 1.54) is 5.56 Å². The molecule has 5 nitrogen and oxygen atoms in total. The molecule has 2 aliphatic rings. The molecule has 0 saturated heterocycles. The number of hydrogen-bond donors (Lipinski definition) is 1. The molecular weight excluding hydrogens is 242 g/mol. The van der Waals surface area contributed by atoms with Crippen molar-refractivity contribution in [2.24, 2.45) is 4.99 Å². The van der Waals surface area contributed by atoms with E-state index in [0.29, 0.717) is 13.2 Å². The maximum atomic E-state index is 5.58. The monoisotopic (exact) mass is 261 g/mol. The number of nitrogens with zero attached hydrogens (tertiary/aromatic N) is 2. The molecule has 1 aromatic carbocycles. The van der Waals surface area contributed by atoms with Crippen LogP contribution in [-0.2, 0) is 6.42 Å². The molecule has 0 saturated carbocycles. The first kappa shape index (κ1) is 12.1. The smallest absolute Gasteiger partial charge is 0.193 e. The van der Waals surface area contributed by atoms with Crippen LogP contribution >= 0.6 is 0 Å². The Labute approximate surface area is 113 Å². The van der Waals surface area contributed by atoms with Gasteiger partial charge >= 0.3 is 0 Å². The van der Waals surface area contributed by atoms with Crippen LogP contribution in [0.1, 0.15) is 5.56 Å². The van der Waals surface area contributed by atoms with E-state index < -0.39 is 0 Å². The second-order valence-corrected chi connectivity index (χ2v) is 4.78. The van der Waals surface area contributed by atoms with Crippen molar-refractivity contribution in [3.8, 4) is 11.5 Å². The van der Waals surface area contributed by atoms with Crippen LogP contribution in [0.2, 0.25) is 0 Å². The minimum absolute atomic E-state index is 0.635. The Kier molecular flexibility index (Phi) is 3.44. The van der Waals surface area contributed by atoms with Crippen LogP contribution in [0.25, 0.3) is 0 Å². The molecule has 0 atom stereocenters. The summed E-state index contributed by atoms with van der Waals surface area (Å²) in [7, 11) is 2.06. The number of benzene rings is 1. The van der Waals surface area contributed by atoms with Crippen LogP contribution in [0.4, 0.5) is 0 Å². The number of nitrogens with one attached hydrogen (secondary N) is 1. The van der Waals surface area contributed by atoms with Crippen molar-refractivity contribution in [1.82, 2.24) is 10.2 Å². The molecule has 0 amide bonds. The van der Waals surface area contributed by atoms with Crippen LogP contribution in [0, 0.1) is 0 Å². The van der Waals surface area contributed by atoms with Crippen molar-refractivity contribution in [2.75, 3.05) is 39.9 Å². The summed E-state index contributed by atoms with van der Waals surface area (Å²) in [4.78, 5) is 6.55. The van der Waals surface area contributed by atoms with Crippen molar-refractivity contribution >= 4 is 5.96 Å². The van der Waals surface area contributed by atoms with Gasteiger partial charge in [0.25, 0.3) is 0 Å². The van der Waals surface area contributed by atoms with E-state index in [1.54, 1.807) is 0 Å². The highest BCUT2D eigenvalue weighted by atomic mass is 16.6. The first-order valence-electron chi connectivity index (χ1n) is 6.71. The van der Waals surface area contributed by atoms with Gasteiger partial charge in [-0.15, -0.1) is 0 Å². The fourth-order valence-electron chi connectivity index (χ4n) is 2.29. The lowest BCUT2D eigenvalue weighted by atomic mass is 10.1. The van der Waals surface area contributed by atoms with Crippen LogP contribution in [0.15, 0.2) is 23.2 Å². The lowest BCUT2D eigenvalue weighted by Crippen LogP contribution is -2.36. The molecule has 5 heteroatoms. The molecule has 3 rings (SSSR count). The normalized spacial score (nSPS) is 17.3. The Morgan fingerprint density at radius 2 is 2.11 bits per heavy atom. The summed E-state index contributed by atoms with van der Waals surface area (Å²) in [5, 5.41) is 3.36. The molecule has 0 radical (unpaired) electrons. The number of ether oxygens (including phenoxy) is 2. The second-order valence-electron chi connectivity index (χ2n) is 4.78. The van der Waals surface area contributed by atoms with Crippen molar-refractivity contribution in [3.63, 3.8) is 0 Å². The molecule has 102 valence electrons. The van der Waals surface area contributed by atoms with Gasteiger partial charge in [0.1, 0.15) is 13.2 Å². The average molecular weight is 261 g/mol. The van der Waals surface area contributed by atoms with Crippen LogP contribution in [-0.4, -0.2) is 50.8 Å². The predicted molar refractivity (Wildman–Crippen MR) is 74.1 cm³/mol. The van der Waals surface area contributed by atoms with Crippen molar-refractivity contribution in [1.29, 1.82) is 0 Å². The van der Waals surface area contributed by atoms with E-state index >= 15 is 0 Å². The number of hydrogen-bond acceptors (Lipinski definition) is 5. The molecule has 2 heterocycles. The first-order valence-corrected chi connectivity index (χ1v) is 6.71. The average Bonchev–Trinajstić information content (AvgIpc) is 2.84. The Morgan fingerprint density at radius 1 is 1.26 bits per heavy atom. The van der Waals surface area contributed by atoms with Gasteiger partial charge in [-0.25, -0.2) is 0 Å². The maximum Gasteiger partial charge on any atom is 0.193 e. The Morgan fingerprint density at radius 3 is 2.89 bits per heavy atom. The molecule has 1 N–H and O–H groups in total. The molecule has 0 bridgehead atoms. The van der Waals surface area contributed by atoms with Crippen LogP contribution in [0.3, 0.4) is 0 Å². The molecule has 19 heavy (non-hydrogen) atoms. The molecule has 0 fully saturated rings. The molecule has 0 spiro atoms. The Bertz CT molecular complexity index is 488. The number of likely N-dealkylation sites (N-methyl/N-ethyl adjacent to an activating group) is 1. The standard InChI is InChI=1S/C14H19N3O2/c1-17-7-6-16-14(17)15-5-4-11-2-3-12-13(10-11)19-9-8-18-12/h2-3,10H,4-9H2,1H3,(H,15,16). The van der Waals surface area contributed by atoms with Gasteiger partial charge in [0.15, 0.2) is 17.5 Å². The minimum Gasteiger partial charge on any atom is -0.486 e. The van der Waals surface area contributed by atoms with E-state index in [0.717, 1.165) is 43.5 Å². The van der Waals surface area contributed by atoms with Gasteiger partial charge < -0.3 is 19.7 Å². The topological polar surface area (TPSA) is 46.1 Å². The highest BCUT2D eigenvalue weighted by molar-refractivity contribution is 5.81. The summed E-state index contributed by atoms with van der Waals surface area (Å²) in [6, 6.07) is 6.15. The van der Waals surface area contributed by atoms with Crippen molar-refractivity contribution < 1.29 is 9.47 Å². The SMILES string of the molecule is CN1CCN=C1NCCc1ccc2c(c1)OCCO2. The molecular formula is C14H19N3O2. The number of guanidine groups is 1. The van der Waals surface area contributed by atoms with Gasteiger partial charge in [-0.2, -0.15) is 0 Å². The summed E-state index contributed by atoms with van der Waals surface area (Å²) in [5.74, 6) is 2.71. The second kappa shape index (κ2) is 5.38. The van der Waals surface area contributed by atoms with Gasteiger partial charge in [0.05, 0.1) is 6.54 Å². The lowest BCUT2D eigenvalue weighted by Gasteiger charge is -2.19. The third-order valence-corrected chi connectivity index (χ3v) is 3.36. The van der Waals surface area contributed by atoms with Crippen molar-refractivity contribution in [3.05, 3.63) is 23.8 Å². The molecule has 0 unspecified atom stereocenters. The van der Waals surface area contributed by atoms with E-state index in [9.17, 15) is 0 Å². The number of rotatable bonds is 3. The Hall–Kier alpha value is -1.91. The summed E-state index contributed by atoms with van der Waals surface area (Å²) in [5.41, 5.74) is 1.25. The third-order valence-electron chi connectivity index (χ3n) is 3.36. The van der Waals surface area contributed by atoms with E-state index in [4.69, 9.17) is 9.47 Å². The first-order chi connectivity index (χ1) is 9.33.